The Labute approximate surface area is 169 Å². The fourth-order valence-electron chi connectivity index (χ4n) is 5.09. The zero-order valence-corrected chi connectivity index (χ0v) is 18.1. The largest absolute Gasteiger partial charge is 0.444 e. The van der Waals surface area contributed by atoms with E-state index < -0.39 is 5.60 Å². The molecule has 0 bridgehead atoms. The predicted octanol–water partition coefficient (Wildman–Crippen LogP) is 4.14. The van der Waals surface area contributed by atoms with Crippen LogP contribution in [0.4, 0.5) is 4.79 Å². The van der Waals surface area contributed by atoms with Gasteiger partial charge in [-0.3, -0.25) is 4.79 Å². The van der Waals surface area contributed by atoms with Gasteiger partial charge in [-0.1, -0.05) is 24.3 Å². The van der Waals surface area contributed by atoms with Crippen molar-refractivity contribution >= 4 is 12.0 Å². The summed E-state index contributed by atoms with van der Waals surface area (Å²) in [5.74, 6) is 0.127. The van der Waals surface area contributed by atoms with Gasteiger partial charge in [0, 0.05) is 37.5 Å². The number of carbonyl (C=O) groups is 2. The summed E-state index contributed by atoms with van der Waals surface area (Å²) in [5.41, 5.74) is 2.11. The van der Waals surface area contributed by atoms with Crippen molar-refractivity contribution < 1.29 is 14.3 Å². The zero-order valence-electron chi connectivity index (χ0n) is 18.1. The van der Waals surface area contributed by atoms with E-state index in [1.807, 2.05) is 25.7 Å². The average Bonchev–Trinajstić information content (AvgIpc) is 2.88. The van der Waals surface area contributed by atoms with E-state index in [4.69, 9.17) is 4.74 Å². The third kappa shape index (κ3) is 3.76. The van der Waals surface area contributed by atoms with Crippen molar-refractivity contribution in [2.24, 2.45) is 0 Å². The first-order valence-electron chi connectivity index (χ1n) is 10.4. The summed E-state index contributed by atoms with van der Waals surface area (Å²) in [7, 11) is 0. The van der Waals surface area contributed by atoms with Crippen molar-refractivity contribution in [2.45, 2.75) is 83.9 Å². The first-order chi connectivity index (χ1) is 13.0. The second-order valence-electron chi connectivity index (χ2n) is 9.52. The first kappa shape index (κ1) is 20.7. The number of nitrogens with zero attached hydrogens (tertiary/aromatic N) is 2. The average molecular weight is 387 g/mol. The second-order valence-corrected chi connectivity index (χ2v) is 9.52. The number of fused-ring (bicyclic) bond motifs is 2. The van der Waals surface area contributed by atoms with Crippen molar-refractivity contribution in [1.29, 1.82) is 0 Å². The number of piperidine rings is 1. The number of likely N-dealkylation sites (tertiary alicyclic amines) is 1. The van der Waals surface area contributed by atoms with Gasteiger partial charge < -0.3 is 14.5 Å². The second kappa shape index (κ2) is 7.41. The molecule has 3 rings (SSSR count). The number of hydrogen-bond acceptors (Lipinski definition) is 3. The Bertz CT molecular complexity index is 742. The van der Waals surface area contributed by atoms with Crippen LogP contribution in [0.5, 0.6) is 0 Å². The van der Waals surface area contributed by atoms with Gasteiger partial charge in [0.2, 0.25) is 5.91 Å². The Morgan fingerprint density at radius 3 is 2.32 bits per heavy atom. The highest BCUT2D eigenvalue weighted by Gasteiger charge is 2.52. The molecule has 1 aliphatic heterocycles. The molecular weight excluding hydrogens is 352 g/mol. The molecule has 0 radical (unpaired) electrons. The molecule has 1 aromatic rings. The molecular formula is C23H34N2O3. The Hall–Kier alpha value is -2.04. The van der Waals surface area contributed by atoms with Gasteiger partial charge >= 0.3 is 6.09 Å². The van der Waals surface area contributed by atoms with Gasteiger partial charge in [-0.2, -0.15) is 0 Å². The topological polar surface area (TPSA) is 49.9 Å². The van der Waals surface area contributed by atoms with Crippen molar-refractivity contribution in [3.8, 4) is 0 Å². The fourth-order valence-corrected chi connectivity index (χ4v) is 5.09. The SMILES string of the molecule is CC(=O)N(C(C)C)[C@@H]1Cc2ccccc2C12CCN(C(=O)OC(C)(C)C)CC2. The maximum Gasteiger partial charge on any atom is 0.410 e. The van der Waals surface area contributed by atoms with Crippen LogP contribution in [0, 0.1) is 0 Å². The minimum Gasteiger partial charge on any atom is -0.444 e. The van der Waals surface area contributed by atoms with Crippen LogP contribution in [-0.2, 0) is 21.4 Å². The summed E-state index contributed by atoms with van der Waals surface area (Å²) < 4.78 is 5.57. The van der Waals surface area contributed by atoms with Crippen LogP contribution in [0.2, 0.25) is 0 Å². The summed E-state index contributed by atoms with van der Waals surface area (Å²) in [4.78, 5) is 28.9. The number of amides is 2. The van der Waals surface area contributed by atoms with Gasteiger partial charge in [-0.05, 0) is 65.0 Å². The molecule has 1 aliphatic carbocycles. The Morgan fingerprint density at radius 2 is 1.79 bits per heavy atom. The molecule has 5 nitrogen and oxygen atoms in total. The molecule has 0 aromatic heterocycles. The quantitative estimate of drug-likeness (QED) is 0.768. The Morgan fingerprint density at radius 1 is 1.18 bits per heavy atom. The number of rotatable bonds is 2. The predicted molar refractivity (Wildman–Crippen MR) is 110 cm³/mol. The Kier molecular flexibility index (Phi) is 5.48. The third-order valence-electron chi connectivity index (χ3n) is 6.17. The molecule has 0 saturated carbocycles. The maximum atomic E-state index is 12.5. The zero-order chi connectivity index (χ0) is 20.7. The summed E-state index contributed by atoms with van der Waals surface area (Å²) in [6, 6.07) is 8.88. The van der Waals surface area contributed by atoms with Gasteiger partial charge in [0.15, 0.2) is 0 Å². The summed E-state index contributed by atoms with van der Waals surface area (Å²) in [6.07, 6.45) is 2.35. The molecule has 5 heteroatoms. The van der Waals surface area contributed by atoms with E-state index >= 15 is 0 Å². The summed E-state index contributed by atoms with van der Waals surface area (Å²) in [6.45, 7) is 12.9. The van der Waals surface area contributed by atoms with Crippen LogP contribution in [-0.4, -0.2) is 52.6 Å². The molecule has 2 amide bonds. The number of ether oxygens (including phenoxy) is 1. The lowest BCUT2D eigenvalue weighted by Gasteiger charge is -2.48. The Balaban J connectivity index is 1.89. The van der Waals surface area contributed by atoms with E-state index in [2.05, 4.69) is 43.0 Å². The first-order valence-corrected chi connectivity index (χ1v) is 10.4. The smallest absolute Gasteiger partial charge is 0.410 e. The van der Waals surface area contributed by atoms with Crippen molar-refractivity contribution in [3.63, 3.8) is 0 Å². The normalized spacial score (nSPS) is 21.0. The number of carbonyl (C=O) groups excluding carboxylic acids is 2. The molecule has 1 heterocycles. The van der Waals surface area contributed by atoms with E-state index in [1.54, 1.807) is 6.92 Å². The molecule has 1 fully saturated rings. The molecule has 0 N–H and O–H groups in total. The number of hydrogen-bond donors (Lipinski definition) is 0. The lowest BCUT2D eigenvalue weighted by Crippen LogP contribution is -2.57. The summed E-state index contributed by atoms with van der Waals surface area (Å²) in [5, 5.41) is 0. The highest BCUT2D eigenvalue weighted by Crippen LogP contribution is 2.49. The van der Waals surface area contributed by atoms with E-state index in [9.17, 15) is 9.59 Å². The van der Waals surface area contributed by atoms with Crippen LogP contribution < -0.4 is 0 Å². The molecule has 1 spiro atoms. The van der Waals surface area contributed by atoms with E-state index in [-0.39, 0.29) is 29.5 Å². The van der Waals surface area contributed by atoms with Crippen molar-refractivity contribution in [1.82, 2.24) is 9.80 Å². The van der Waals surface area contributed by atoms with Crippen molar-refractivity contribution in [3.05, 3.63) is 35.4 Å². The molecule has 1 atom stereocenters. The minimum absolute atomic E-state index is 0.0922. The lowest BCUT2D eigenvalue weighted by molar-refractivity contribution is -0.135. The molecule has 1 aromatic carbocycles. The molecule has 1 saturated heterocycles. The van der Waals surface area contributed by atoms with E-state index in [1.165, 1.54) is 11.1 Å². The van der Waals surface area contributed by atoms with Gasteiger partial charge in [-0.25, -0.2) is 4.79 Å². The van der Waals surface area contributed by atoms with Crippen LogP contribution in [0.25, 0.3) is 0 Å². The monoisotopic (exact) mass is 386 g/mol. The third-order valence-corrected chi connectivity index (χ3v) is 6.17. The van der Waals surface area contributed by atoms with Gasteiger partial charge in [0.25, 0.3) is 0 Å². The minimum atomic E-state index is -0.488. The fraction of sp³-hybridized carbons (Fsp3) is 0.652. The van der Waals surface area contributed by atoms with E-state index in [0.717, 1.165) is 19.3 Å². The maximum absolute atomic E-state index is 12.5. The molecule has 2 aliphatic rings. The molecule has 0 unspecified atom stereocenters. The van der Waals surface area contributed by atoms with Crippen LogP contribution >= 0.6 is 0 Å². The van der Waals surface area contributed by atoms with Crippen LogP contribution in [0.3, 0.4) is 0 Å². The van der Waals surface area contributed by atoms with Crippen molar-refractivity contribution in [2.75, 3.05) is 13.1 Å². The summed E-state index contributed by atoms with van der Waals surface area (Å²) >= 11 is 0. The van der Waals surface area contributed by atoms with Gasteiger partial charge in [-0.15, -0.1) is 0 Å². The van der Waals surface area contributed by atoms with Gasteiger partial charge in [0.05, 0.1) is 0 Å². The van der Waals surface area contributed by atoms with E-state index in [0.29, 0.717) is 13.1 Å². The lowest BCUT2D eigenvalue weighted by atomic mass is 9.70. The van der Waals surface area contributed by atoms with Crippen LogP contribution in [0.15, 0.2) is 24.3 Å². The molecule has 154 valence electrons. The molecule has 28 heavy (non-hydrogen) atoms. The highest BCUT2D eigenvalue weighted by atomic mass is 16.6. The van der Waals surface area contributed by atoms with Crippen LogP contribution in [0.1, 0.15) is 65.5 Å². The highest BCUT2D eigenvalue weighted by molar-refractivity contribution is 5.75. The van der Waals surface area contributed by atoms with Gasteiger partial charge in [0.1, 0.15) is 5.60 Å². The number of benzene rings is 1. The standard InChI is InChI=1S/C23H34N2O3/c1-16(2)25(17(3)26)20-15-18-9-7-8-10-19(18)23(20)11-13-24(14-12-23)21(27)28-22(4,5)6/h7-10,16,20H,11-15H2,1-6H3/t20-/m1/s1.